The van der Waals surface area contributed by atoms with E-state index in [1.165, 1.54) is 17.7 Å². The Balaban J connectivity index is 1.22. The molecule has 1 aliphatic heterocycles. The lowest BCUT2D eigenvalue weighted by molar-refractivity contribution is -0.137. The Morgan fingerprint density at radius 1 is 0.800 bits per heavy atom. The number of anilines is 3. The van der Waals surface area contributed by atoms with Gasteiger partial charge in [0.15, 0.2) is 0 Å². The van der Waals surface area contributed by atoms with Crippen LogP contribution in [0.15, 0.2) is 109 Å². The number of piperidine rings is 1. The Hall–Kier alpha value is -4.76. The van der Waals surface area contributed by atoms with Crippen molar-refractivity contribution in [1.82, 2.24) is 19.9 Å². The van der Waals surface area contributed by atoms with Crippen LogP contribution in [0.25, 0.3) is 11.3 Å². The maximum Gasteiger partial charge on any atom is 0.416 e. The summed E-state index contributed by atoms with van der Waals surface area (Å²) in [5.74, 6) is 0.573. The van der Waals surface area contributed by atoms with Crippen LogP contribution in [0, 0.1) is 6.92 Å². The largest absolute Gasteiger partial charge is 0.416 e. The van der Waals surface area contributed by atoms with Crippen LogP contribution in [-0.4, -0.2) is 39.0 Å². The lowest BCUT2D eigenvalue weighted by Crippen LogP contribution is -2.45. The lowest BCUT2D eigenvalue weighted by atomic mass is 10.0. The number of hydrogen-bond donors (Lipinski definition) is 1. The van der Waals surface area contributed by atoms with Crippen LogP contribution in [0.3, 0.4) is 0 Å². The standard InChI is InChI=1S/C36H35F3N6/c1-26-23-32(15-19-40-26)42-31-13-7-28(8-14-31)25-45(33-17-21-44(22-18-33)24-27-5-3-2-4-6-27)35-41-20-16-34(43-35)29-9-11-30(12-10-29)36(37,38)39/h2-16,19-20,23,33H,17-18,21-22,24-25H2,1H3,(H,40,42). The van der Waals surface area contributed by atoms with Gasteiger partial charge in [0.2, 0.25) is 5.95 Å². The van der Waals surface area contributed by atoms with E-state index in [-0.39, 0.29) is 6.04 Å². The summed E-state index contributed by atoms with van der Waals surface area (Å²) in [6.07, 6.45) is 0.984. The SMILES string of the molecule is Cc1cc(Nc2ccc(CN(c3nccc(-c4ccc(C(F)(F)F)cc4)n3)C3CCN(Cc4ccccc4)CC3)cc2)ccn1. The van der Waals surface area contributed by atoms with Crippen molar-refractivity contribution < 1.29 is 13.2 Å². The smallest absolute Gasteiger partial charge is 0.355 e. The van der Waals surface area contributed by atoms with Gasteiger partial charge in [0.25, 0.3) is 0 Å². The Labute approximate surface area is 261 Å². The van der Waals surface area contributed by atoms with Crippen LogP contribution < -0.4 is 10.2 Å². The molecule has 0 atom stereocenters. The highest BCUT2D eigenvalue weighted by Crippen LogP contribution is 2.32. The molecule has 0 radical (unpaired) electrons. The minimum absolute atomic E-state index is 0.206. The number of likely N-dealkylation sites (tertiary alicyclic amines) is 1. The maximum atomic E-state index is 13.2. The molecule has 0 unspecified atom stereocenters. The molecule has 1 aliphatic rings. The van der Waals surface area contributed by atoms with Crippen molar-refractivity contribution in [3.8, 4) is 11.3 Å². The molecule has 3 aromatic carbocycles. The summed E-state index contributed by atoms with van der Waals surface area (Å²) in [7, 11) is 0. The molecule has 230 valence electrons. The van der Waals surface area contributed by atoms with Crippen LogP contribution >= 0.6 is 0 Å². The fourth-order valence-electron chi connectivity index (χ4n) is 5.75. The number of alkyl halides is 3. The molecule has 45 heavy (non-hydrogen) atoms. The monoisotopic (exact) mass is 608 g/mol. The Morgan fingerprint density at radius 3 is 2.20 bits per heavy atom. The van der Waals surface area contributed by atoms with Crippen LogP contribution in [0.4, 0.5) is 30.5 Å². The summed E-state index contributed by atoms with van der Waals surface area (Å²) in [4.78, 5) is 18.5. The molecule has 0 aliphatic carbocycles. The second-order valence-corrected chi connectivity index (χ2v) is 11.4. The first-order valence-corrected chi connectivity index (χ1v) is 15.1. The molecule has 0 amide bonds. The van der Waals surface area contributed by atoms with Crippen molar-refractivity contribution in [1.29, 1.82) is 0 Å². The molecular formula is C36H35F3N6. The molecule has 1 saturated heterocycles. The van der Waals surface area contributed by atoms with Gasteiger partial charge in [-0.3, -0.25) is 9.88 Å². The van der Waals surface area contributed by atoms with Crippen molar-refractivity contribution in [3.63, 3.8) is 0 Å². The van der Waals surface area contributed by atoms with Crippen LogP contribution in [-0.2, 0) is 19.3 Å². The molecule has 2 aromatic heterocycles. The van der Waals surface area contributed by atoms with Gasteiger partial charge in [0.05, 0.1) is 11.3 Å². The van der Waals surface area contributed by atoms with E-state index in [1.807, 2.05) is 25.1 Å². The second-order valence-electron chi connectivity index (χ2n) is 11.4. The summed E-state index contributed by atoms with van der Waals surface area (Å²) in [5.41, 5.74) is 5.84. The first-order chi connectivity index (χ1) is 21.8. The van der Waals surface area contributed by atoms with E-state index < -0.39 is 11.7 Å². The number of halogens is 3. The van der Waals surface area contributed by atoms with Gasteiger partial charge in [-0.05, 0) is 73.4 Å². The third-order valence-corrected chi connectivity index (χ3v) is 8.15. The van der Waals surface area contributed by atoms with E-state index in [0.29, 0.717) is 23.8 Å². The highest BCUT2D eigenvalue weighted by molar-refractivity contribution is 5.62. The molecule has 1 fully saturated rings. The summed E-state index contributed by atoms with van der Waals surface area (Å²) in [5, 5.41) is 3.43. The molecule has 0 saturated carbocycles. The van der Waals surface area contributed by atoms with Gasteiger partial charge in [-0.15, -0.1) is 0 Å². The average Bonchev–Trinajstić information content (AvgIpc) is 3.05. The summed E-state index contributed by atoms with van der Waals surface area (Å²) >= 11 is 0. The quantitative estimate of drug-likeness (QED) is 0.182. The average molecular weight is 609 g/mol. The molecule has 6 rings (SSSR count). The predicted molar refractivity (Wildman–Crippen MR) is 172 cm³/mol. The highest BCUT2D eigenvalue weighted by atomic mass is 19.4. The van der Waals surface area contributed by atoms with Gasteiger partial charge in [-0.2, -0.15) is 13.2 Å². The number of aryl methyl sites for hydroxylation is 1. The third kappa shape index (κ3) is 7.85. The van der Waals surface area contributed by atoms with Gasteiger partial charge in [0.1, 0.15) is 0 Å². The van der Waals surface area contributed by atoms with Gasteiger partial charge >= 0.3 is 6.18 Å². The first kappa shape index (κ1) is 30.3. The molecule has 0 spiro atoms. The minimum atomic E-state index is -4.39. The van der Waals surface area contributed by atoms with Gasteiger partial charge < -0.3 is 10.2 Å². The van der Waals surface area contributed by atoms with E-state index in [2.05, 4.69) is 73.6 Å². The van der Waals surface area contributed by atoms with E-state index >= 15 is 0 Å². The van der Waals surface area contributed by atoms with Gasteiger partial charge in [0, 0.05) is 67.2 Å². The molecule has 6 nitrogen and oxygen atoms in total. The number of rotatable bonds is 9. The number of benzene rings is 3. The fourth-order valence-corrected chi connectivity index (χ4v) is 5.75. The van der Waals surface area contributed by atoms with E-state index in [9.17, 15) is 13.2 Å². The van der Waals surface area contributed by atoms with Gasteiger partial charge in [-0.1, -0.05) is 54.6 Å². The minimum Gasteiger partial charge on any atom is -0.355 e. The number of pyridine rings is 1. The Morgan fingerprint density at radius 2 is 1.51 bits per heavy atom. The summed E-state index contributed by atoms with van der Waals surface area (Å²) < 4.78 is 39.5. The Bertz CT molecular complexity index is 1680. The summed E-state index contributed by atoms with van der Waals surface area (Å²) in [6, 6.07) is 29.9. The van der Waals surface area contributed by atoms with Crippen LogP contribution in [0.5, 0.6) is 0 Å². The van der Waals surface area contributed by atoms with Crippen molar-refractivity contribution in [3.05, 3.63) is 132 Å². The van der Waals surface area contributed by atoms with Crippen LogP contribution in [0.2, 0.25) is 0 Å². The van der Waals surface area contributed by atoms with E-state index in [4.69, 9.17) is 4.98 Å². The van der Waals surface area contributed by atoms with Crippen molar-refractivity contribution in [2.24, 2.45) is 0 Å². The molecule has 0 bridgehead atoms. The zero-order valence-electron chi connectivity index (χ0n) is 25.1. The second kappa shape index (κ2) is 13.5. The van der Waals surface area contributed by atoms with Crippen molar-refractivity contribution in [2.45, 2.75) is 45.1 Å². The summed E-state index contributed by atoms with van der Waals surface area (Å²) in [6.45, 7) is 5.38. The number of nitrogens with zero attached hydrogens (tertiary/aromatic N) is 5. The van der Waals surface area contributed by atoms with Gasteiger partial charge in [-0.25, -0.2) is 9.97 Å². The zero-order chi connectivity index (χ0) is 31.2. The molecule has 9 heteroatoms. The number of nitrogens with one attached hydrogen (secondary N) is 1. The van der Waals surface area contributed by atoms with Crippen LogP contribution in [0.1, 0.15) is 35.2 Å². The lowest BCUT2D eigenvalue weighted by Gasteiger charge is -2.39. The molecule has 3 heterocycles. The molecule has 1 N–H and O–H groups in total. The highest BCUT2D eigenvalue weighted by Gasteiger charge is 2.30. The van der Waals surface area contributed by atoms with E-state index in [1.54, 1.807) is 18.5 Å². The zero-order valence-corrected chi connectivity index (χ0v) is 25.1. The van der Waals surface area contributed by atoms with Crippen molar-refractivity contribution in [2.75, 3.05) is 23.3 Å². The first-order valence-electron chi connectivity index (χ1n) is 15.1. The van der Waals surface area contributed by atoms with Crippen molar-refractivity contribution >= 4 is 17.3 Å². The fraction of sp³-hybridized carbons (Fsp3) is 0.250. The maximum absolute atomic E-state index is 13.2. The third-order valence-electron chi connectivity index (χ3n) is 8.15. The normalized spacial score (nSPS) is 14.3. The molecule has 5 aromatic rings. The predicted octanol–water partition coefficient (Wildman–Crippen LogP) is 8.28. The van der Waals surface area contributed by atoms with E-state index in [0.717, 1.165) is 67.2 Å². The molecular weight excluding hydrogens is 573 g/mol. The topological polar surface area (TPSA) is 57.2 Å². The Kier molecular flexibility index (Phi) is 9.07. The number of hydrogen-bond acceptors (Lipinski definition) is 6. The number of aromatic nitrogens is 3.